The molecule has 0 aliphatic heterocycles. The number of ether oxygens (including phenoxy) is 1. The minimum atomic E-state index is -0.671. The number of aromatic nitrogens is 2. The molecule has 0 bridgehead atoms. The molecule has 0 aliphatic carbocycles. The zero-order valence-electron chi connectivity index (χ0n) is 11.2. The summed E-state index contributed by atoms with van der Waals surface area (Å²) in [5.41, 5.74) is 1.22. The molecular weight excluding hydrogens is 294 g/mol. The van der Waals surface area contributed by atoms with Gasteiger partial charge >= 0.3 is 0 Å². The van der Waals surface area contributed by atoms with Gasteiger partial charge in [-0.2, -0.15) is 0 Å². The lowest BCUT2D eigenvalue weighted by Gasteiger charge is -2.08. The van der Waals surface area contributed by atoms with Gasteiger partial charge in [0.1, 0.15) is 17.1 Å². The highest BCUT2D eigenvalue weighted by Gasteiger charge is 2.12. The summed E-state index contributed by atoms with van der Waals surface area (Å²) in [4.78, 5) is 2.77. The van der Waals surface area contributed by atoms with Crippen molar-refractivity contribution in [1.29, 1.82) is 0 Å². The number of nitrogens with one attached hydrogen (secondary N) is 1. The van der Waals surface area contributed by atoms with Crippen LogP contribution < -0.4 is 4.74 Å². The molecule has 0 atom stereocenters. The van der Waals surface area contributed by atoms with Crippen molar-refractivity contribution in [2.24, 2.45) is 0 Å². The Morgan fingerprint density at radius 1 is 1.24 bits per heavy atom. The van der Waals surface area contributed by atoms with Gasteiger partial charge in [0, 0.05) is 18.2 Å². The first-order valence-electron chi connectivity index (χ1n) is 6.43. The van der Waals surface area contributed by atoms with Crippen molar-refractivity contribution in [1.82, 2.24) is 9.55 Å². The Kier molecular flexibility index (Phi) is 3.47. The fraction of sp³-hybridized carbons (Fsp3) is 0.133. The third-order valence-corrected chi connectivity index (χ3v) is 3.38. The lowest BCUT2D eigenvalue weighted by molar-refractivity contribution is 0.340. The third kappa shape index (κ3) is 2.42. The number of H-pyrrole nitrogens is 1. The summed E-state index contributed by atoms with van der Waals surface area (Å²) in [5, 5.41) is 0. The summed E-state index contributed by atoms with van der Waals surface area (Å²) in [6.07, 6.45) is 0. The van der Waals surface area contributed by atoms with Crippen molar-refractivity contribution in [2.75, 3.05) is 6.61 Å². The Balaban J connectivity index is 2.27. The van der Waals surface area contributed by atoms with Crippen LogP contribution in [0.5, 0.6) is 5.75 Å². The molecule has 2 aromatic carbocycles. The second kappa shape index (κ2) is 5.29. The molecule has 0 unspecified atom stereocenters. The number of hydrogen-bond donors (Lipinski definition) is 1. The number of fused-ring (bicyclic) bond motifs is 1. The molecular formula is C15H12F2N2OS. The standard InChI is InChI=1S/C15H12F2N2OS/c1-2-20-11-5-3-4-10(8-11)19-13-7-9(16)6-12(17)14(13)18-15(19)21/h3-8H,2H2,1H3,(H,18,21). The van der Waals surface area contributed by atoms with Crippen LogP contribution in [-0.2, 0) is 0 Å². The van der Waals surface area contributed by atoms with Crippen LogP contribution in [-0.4, -0.2) is 16.2 Å². The maximum atomic E-state index is 13.8. The van der Waals surface area contributed by atoms with Gasteiger partial charge in [-0.15, -0.1) is 0 Å². The number of nitrogens with zero attached hydrogens (tertiary/aromatic N) is 1. The number of hydrogen-bond acceptors (Lipinski definition) is 2. The number of halogens is 2. The highest BCUT2D eigenvalue weighted by Crippen LogP contribution is 2.25. The largest absolute Gasteiger partial charge is 0.494 e. The second-order valence-corrected chi connectivity index (χ2v) is 4.86. The molecule has 0 amide bonds. The maximum absolute atomic E-state index is 13.8. The van der Waals surface area contributed by atoms with E-state index in [0.717, 1.165) is 6.07 Å². The first kappa shape index (κ1) is 13.8. The lowest BCUT2D eigenvalue weighted by Crippen LogP contribution is -1.97. The van der Waals surface area contributed by atoms with Crippen molar-refractivity contribution >= 4 is 23.3 Å². The van der Waals surface area contributed by atoms with Gasteiger partial charge in [-0.05, 0) is 31.3 Å². The molecule has 3 nitrogen and oxygen atoms in total. The lowest BCUT2D eigenvalue weighted by atomic mass is 10.2. The minimum Gasteiger partial charge on any atom is -0.494 e. The van der Waals surface area contributed by atoms with Crippen molar-refractivity contribution in [3.8, 4) is 11.4 Å². The van der Waals surface area contributed by atoms with Crippen LogP contribution in [0.4, 0.5) is 8.78 Å². The predicted octanol–water partition coefficient (Wildman–Crippen LogP) is 4.36. The molecule has 108 valence electrons. The normalized spacial score (nSPS) is 11.0. The average Bonchev–Trinajstić information content (AvgIpc) is 2.76. The van der Waals surface area contributed by atoms with Gasteiger partial charge in [0.05, 0.1) is 17.8 Å². The fourth-order valence-electron chi connectivity index (χ4n) is 2.27. The quantitative estimate of drug-likeness (QED) is 0.728. The van der Waals surface area contributed by atoms with Crippen molar-refractivity contribution in [3.05, 3.63) is 52.8 Å². The highest BCUT2D eigenvalue weighted by atomic mass is 32.1. The van der Waals surface area contributed by atoms with E-state index in [-0.39, 0.29) is 5.52 Å². The Labute approximate surface area is 124 Å². The van der Waals surface area contributed by atoms with E-state index in [1.165, 1.54) is 6.07 Å². The first-order valence-corrected chi connectivity index (χ1v) is 6.84. The molecule has 21 heavy (non-hydrogen) atoms. The Bertz CT molecular complexity index is 870. The molecule has 3 rings (SSSR count). The van der Waals surface area contributed by atoms with Gasteiger partial charge in [0.25, 0.3) is 0 Å². The molecule has 1 N–H and O–H groups in total. The van der Waals surface area contributed by atoms with E-state index < -0.39 is 11.6 Å². The van der Waals surface area contributed by atoms with E-state index in [1.807, 2.05) is 13.0 Å². The van der Waals surface area contributed by atoms with Crippen molar-refractivity contribution in [2.45, 2.75) is 6.92 Å². The molecule has 3 aromatic rings. The van der Waals surface area contributed by atoms with Crippen LogP contribution in [0.1, 0.15) is 6.92 Å². The molecule has 0 spiro atoms. The van der Waals surface area contributed by atoms with Crippen molar-refractivity contribution in [3.63, 3.8) is 0 Å². The zero-order chi connectivity index (χ0) is 15.0. The van der Waals surface area contributed by atoms with Gasteiger partial charge in [-0.1, -0.05) is 6.07 Å². The number of rotatable bonds is 3. The third-order valence-electron chi connectivity index (χ3n) is 3.10. The molecule has 0 radical (unpaired) electrons. The van der Waals surface area contributed by atoms with Crippen molar-refractivity contribution < 1.29 is 13.5 Å². The number of imidazole rings is 1. The van der Waals surface area contributed by atoms with Gasteiger partial charge in [-0.3, -0.25) is 4.57 Å². The Morgan fingerprint density at radius 2 is 2.05 bits per heavy atom. The van der Waals surface area contributed by atoms with Crippen LogP contribution in [0.3, 0.4) is 0 Å². The van der Waals surface area contributed by atoms with Crippen LogP contribution in [0.15, 0.2) is 36.4 Å². The molecule has 6 heteroatoms. The molecule has 0 fully saturated rings. The molecule has 0 saturated heterocycles. The summed E-state index contributed by atoms with van der Waals surface area (Å²) in [5.74, 6) is -0.650. The monoisotopic (exact) mass is 306 g/mol. The molecule has 0 aliphatic rings. The highest BCUT2D eigenvalue weighted by molar-refractivity contribution is 7.71. The topological polar surface area (TPSA) is 29.9 Å². The SMILES string of the molecule is CCOc1cccc(-n2c(=S)[nH]c3c(F)cc(F)cc32)c1. The van der Waals surface area contributed by atoms with Crippen LogP contribution in [0, 0.1) is 16.4 Å². The van der Waals surface area contributed by atoms with Crippen LogP contribution >= 0.6 is 12.2 Å². The summed E-state index contributed by atoms with van der Waals surface area (Å²) < 4.78 is 34.6. The first-order chi connectivity index (χ1) is 10.1. The molecule has 0 saturated carbocycles. The minimum absolute atomic E-state index is 0.184. The van der Waals surface area contributed by atoms with Crippen LogP contribution in [0.25, 0.3) is 16.7 Å². The molecule has 1 heterocycles. The van der Waals surface area contributed by atoms with E-state index in [1.54, 1.807) is 22.8 Å². The summed E-state index contributed by atoms with van der Waals surface area (Å²) >= 11 is 5.22. The maximum Gasteiger partial charge on any atom is 0.182 e. The predicted molar refractivity (Wildman–Crippen MR) is 79.5 cm³/mol. The van der Waals surface area contributed by atoms with Gasteiger partial charge in [-0.25, -0.2) is 8.78 Å². The van der Waals surface area contributed by atoms with Crippen LogP contribution in [0.2, 0.25) is 0 Å². The van der Waals surface area contributed by atoms with E-state index in [9.17, 15) is 8.78 Å². The number of aromatic amines is 1. The van der Waals surface area contributed by atoms with Gasteiger partial charge < -0.3 is 9.72 Å². The summed E-state index contributed by atoms with van der Waals surface area (Å²) in [7, 11) is 0. The van der Waals surface area contributed by atoms with E-state index >= 15 is 0 Å². The Morgan fingerprint density at radius 3 is 2.81 bits per heavy atom. The smallest absolute Gasteiger partial charge is 0.182 e. The van der Waals surface area contributed by atoms with E-state index in [0.29, 0.717) is 28.3 Å². The fourth-order valence-corrected chi connectivity index (χ4v) is 2.57. The van der Waals surface area contributed by atoms with Gasteiger partial charge in [0.15, 0.2) is 10.6 Å². The molecule has 1 aromatic heterocycles. The van der Waals surface area contributed by atoms with E-state index in [2.05, 4.69) is 4.98 Å². The van der Waals surface area contributed by atoms with Gasteiger partial charge in [0.2, 0.25) is 0 Å². The average molecular weight is 306 g/mol. The summed E-state index contributed by atoms with van der Waals surface area (Å²) in [6, 6.07) is 9.26. The zero-order valence-corrected chi connectivity index (χ0v) is 12.0. The summed E-state index contributed by atoms with van der Waals surface area (Å²) in [6.45, 7) is 2.42. The van der Waals surface area contributed by atoms with E-state index in [4.69, 9.17) is 17.0 Å². The number of benzene rings is 2. The second-order valence-electron chi connectivity index (χ2n) is 4.48. The Hall–Kier alpha value is -2.21.